The topological polar surface area (TPSA) is 95.8 Å². The van der Waals surface area contributed by atoms with Crippen molar-refractivity contribution in [3.63, 3.8) is 0 Å². The lowest BCUT2D eigenvalue weighted by Gasteiger charge is -2.35. The summed E-state index contributed by atoms with van der Waals surface area (Å²) < 4.78 is 1.97. The number of benzene rings is 1. The number of hydrogen-bond acceptors (Lipinski definition) is 4. The molecule has 3 N–H and O–H groups in total. The molecule has 0 radical (unpaired) electrons. The number of carbonyl (C=O) groups excluding carboxylic acids is 1. The maximum Gasteiger partial charge on any atom is 0.253 e. The highest BCUT2D eigenvalue weighted by Gasteiger charge is 2.35. The quantitative estimate of drug-likeness (QED) is 0.646. The molecule has 0 atom stereocenters. The van der Waals surface area contributed by atoms with E-state index in [1.165, 1.54) is 5.56 Å². The van der Waals surface area contributed by atoms with Crippen LogP contribution in [0.15, 0.2) is 18.2 Å². The Kier molecular flexibility index (Phi) is 4.47. The molecule has 0 saturated heterocycles. The summed E-state index contributed by atoms with van der Waals surface area (Å²) in [7, 11) is 0. The molecule has 4 rings (SSSR count). The maximum atomic E-state index is 12.8. The second kappa shape index (κ2) is 6.81. The van der Waals surface area contributed by atoms with Crippen molar-refractivity contribution >= 4 is 16.8 Å². The zero-order chi connectivity index (χ0) is 19.1. The summed E-state index contributed by atoms with van der Waals surface area (Å²) >= 11 is 0. The van der Waals surface area contributed by atoms with Crippen molar-refractivity contribution in [2.24, 2.45) is 0 Å². The largest absolute Gasteiger partial charge is 0.388 e. The summed E-state index contributed by atoms with van der Waals surface area (Å²) in [5.74, 6) is 1.74. The summed E-state index contributed by atoms with van der Waals surface area (Å²) in [5, 5.41) is 21.9. The second-order valence-electron chi connectivity index (χ2n) is 7.32. The summed E-state index contributed by atoms with van der Waals surface area (Å²) in [4.78, 5) is 16.1. The molecule has 0 unspecified atom stereocenters. The molecular weight excluding hydrogens is 342 g/mol. The van der Waals surface area contributed by atoms with Crippen LogP contribution in [0.4, 0.5) is 0 Å². The van der Waals surface area contributed by atoms with Gasteiger partial charge in [0.15, 0.2) is 5.82 Å². The number of amides is 1. The van der Waals surface area contributed by atoms with E-state index < -0.39 is 0 Å². The lowest BCUT2D eigenvalue weighted by Crippen LogP contribution is -2.44. The Balaban J connectivity index is 1.46. The van der Waals surface area contributed by atoms with Gasteiger partial charge in [-0.2, -0.15) is 0 Å². The van der Waals surface area contributed by atoms with Crippen LogP contribution in [0.2, 0.25) is 0 Å². The number of hydrogen-bond donors (Lipinski definition) is 3. The Bertz CT molecular complexity index is 997. The molecule has 1 aliphatic rings. The normalized spacial score (nSPS) is 19.3. The maximum absolute atomic E-state index is 12.8. The number of aromatic amines is 1. The Labute approximate surface area is 157 Å². The number of aromatic nitrogens is 4. The smallest absolute Gasteiger partial charge is 0.253 e. The van der Waals surface area contributed by atoms with Crippen molar-refractivity contribution in [1.82, 2.24) is 25.1 Å². The van der Waals surface area contributed by atoms with Gasteiger partial charge in [-0.3, -0.25) is 4.79 Å². The third-order valence-corrected chi connectivity index (χ3v) is 5.74. The molecule has 0 spiro atoms. The van der Waals surface area contributed by atoms with E-state index in [1.54, 1.807) is 0 Å². The molecule has 2 aromatic heterocycles. The third kappa shape index (κ3) is 2.92. The van der Waals surface area contributed by atoms with Crippen molar-refractivity contribution in [3.8, 4) is 0 Å². The number of H-pyrrole nitrogens is 1. The van der Waals surface area contributed by atoms with Crippen LogP contribution in [0.1, 0.15) is 58.9 Å². The molecule has 0 aliphatic heterocycles. The van der Waals surface area contributed by atoms with Gasteiger partial charge in [-0.1, -0.05) is 12.1 Å². The fraction of sp³-hybridized carbons (Fsp3) is 0.450. The summed E-state index contributed by atoms with van der Waals surface area (Å²) in [6.07, 6.45) is 1.68. The first-order valence-corrected chi connectivity index (χ1v) is 9.45. The minimum atomic E-state index is -0.104. The average Bonchev–Trinajstić information content (AvgIpc) is 3.18. The van der Waals surface area contributed by atoms with E-state index in [1.807, 2.05) is 36.6 Å². The van der Waals surface area contributed by atoms with Gasteiger partial charge >= 0.3 is 0 Å². The molecule has 27 heavy (non-hydrogen) atoms. The zero-order valence-electron chi connectivity index (χ0n) is 15.9. The molecule has 0 bridgehead atoms. The average molecular weight is 367 g/mol. The zero-order valence-corrected chi connectivity index (χ0v) is 15.9. The van der Waals surface area contributed by atoms with E-state index in [0.29, 0.717) is 11.4 Å². The van der Waals surface area contributed by atoms with Crippen LogP contribution in [0.3, 0.4) is 0 Å². The second-order valence-corrected chi connectivity index (χ2v) is 7.32. The first-order valence-electron chi connectivity index (χ1n) is 9.45. The number of fused-ring (bicyclic) bond motifs is 1. The Morgan fingerprint density at radius 1 is 1.33 bits per heavy atom. The molecule has 1 aromatic carbocycles. The minimum absolute atomic E-state index is 0.0432. The van der Waals surface area contributed by atoms with Crippen LogP contribution in [0.25, 0.3) is 10.9 Å². The standard InChI is InChI=1S/C20H25N5O2/c1-4-25-17(10-26)23-24-19(25)13-8-14(9-13)22-20(27)16-7-5-6-15-11(2)12(3)21-18(15)16/h5-7,13-14,21,26H,4,8-10H2,1-3H3,(H,22,27). The molecule has 7 heteroatoms. The SMILES string of the molecule is CCn1c(CO)nnc1C1CC(NC(=O)c2cccc3c(C)c(C)[nH]c23)C1. The highest BCUT2D eigenvalue weighted by Crippen LogP contribution is 2.36. The van der Waals surface area contributed by atoms with Gasteiger partial charge in [0.25, 0.3) is 5.91 Å². The fourth-order valence-corrected chi connectivity index (χ4v) is 3.99. The van der Waals surface area contributed by atoms with Crippen LogP contribution < -0.4 is 5.32 Å². The number of aliphatic hydroxyl groups excluding tert-OH is 1. The van der Waals surface area contributed by atoms with Crippen molar-refractivity contribution in [2.45, 2.75) is 58.7 Å². The molecule has 2 heterocycles. The summed E-state index contributed by atoms with van der Waals surface area (Å²) in [6, 6.07) is 5.97. The van der Waals surface area contributed by atoms with E-state index in [-0.39, 0.29) is 24.5 Å². The van der Waals surface area contributed by atoms with Crippen LogP contribution >= 0.6 is 0 Å². The van der Waals surface area contributed by atoms with Gasteiger partial charge in [0.2, 0.25) is 0 Å². The van der Waals surface area contributed by atoms with Gasteiger partial charge in [0, 0.05) is 29.6 Å². The monoisotopic (exact) mass is 367 g/mol. The predicted octanol–water partition coefficient (Wildman–Crippen LogP) is 2.56. The van der Waals surface area contributed by atoms with Crippen molar-refractivity contribution < 1.29 is 9.90 Å². The highest BCUT2D eigenvalue weighted by molar-refractivity contribution is 6.06. The first kappa shape index (κ1) is 17.7. The predicted molar refractivity (Wildman–Crippen MR) is 103 cm³/mol. The summed E-state index contributed by atoms with van der Waals surface area (Å²) in [5.41, 5.74) is 3.86. The number of aliphatic hydroxyl groups is 1. The Hall–Kier alpha value is -2.67. The van der Waals surface area contributed by atoms with Gasteiger partial charge in [0.1, 0.15) is 12.4 Å². The molecule has 1 fully saturated rings. The molecule has 3 aromatic rings. The number of rotatable bonds is 5. The Morgan fingerprint density at radius 3 is 2.81 bits per heavy atom. The minimum Gasteiger partial charge on any atom is -0.388 e. The molecule has 1 saturated carbocycles. The van der Waals surface area contributed by atoms with Gasteiger partial charge in [-0.15, -0.1) is 10.2 Å². The van der Waals surface area contributed by atoms with Gasteiger partial charge in [0.05, 0.1) is 11.1 Å². The number of nitrogens with zero attached hydrogens (tertiary/aromatic N) is 3. The molecule has 1 aliphatic carbocycles. The fourth-order valence-electron chi connectivity index (χ4n) is 3.99. The van der Waals surface area contributed by atoms with Gasteiger partial charge in [-0.25, -0.2) is 0 Å². The molecular formula is C20H25N5O2. The number of aryl methyl sites for hydroxylation is 2. The Morgan fingerprint density at radius 2 is 2.11 bits per heavy atom. The third-order valence-electron chi connectivity index (χ3n) is 5.74. The molecule has 7 nitrogen and oxygen atoms in total. The van der Waals surface area contributed by atoms with Crippen molar-refractivity contribution in [3.05, 3.63) is 46.7 Å². The van der Waals surface area contributed by atoms with E-state index in [2.05, 4.69) is 27.4 Å². The first-order chi connectivity index (χ1) is 13.0. The number of carbonyl (C=O) groups is 1. The van der Waals surface area contributed by atoms with Crippen molar-refractivity contribution in [2.75, 3.05) is 0 Å². The van der Waals surface area contributed by atoms with Crippen LogP contribution in [0, 0.1) is 13.8 Å². The number of nitrogens with one attached hydrogen (secondary N) is 2. The lowest BCUT2D eigenvalue weighted by molar-refractivity contribution is 0.0908. The van der Waals surface area contributed by atoms with Gasteiger partial charge in [-0.05, 0) is 45.2 Å². The lowest BCUT2D eigenvalue weighted by atomic mass is 9.79. The van der Waals surface area contributed by atoms with Crippen LogP contribution in [-0.4, -0.2) is 36.8 Å². The molecule has 142 valence electrons. The highest BCUT2D eigenvalue weighted by atomic mass is 16.3. The number of para-hydroxylation sites is 1. The van der Waals surface area contributed by atoms with Crippen molar-refractivity contribution in [1.29, 1.82) is 0 Å². The van der Waals surface area contributed by atoms with Crippen LogP contribution in [0.5, 0.6) is 0 Å². The van der Waals surface area contributed by atoms with Gasteiger partial charge < -0.3 is 20.0 Å². The van der Waals surface area contributed by atoms with E-state index in [9.17, 15) is 9.90 Å². The molecule has 1 amide bonds. The van der Waals surface area contributed by atoms with E-state index >= 15 is 0 Å². The van der Waals surface area contributed by atoms with Crippen LogP contribution in [-0.2, 0) is 13.2 Å². The summed E-state index contributed by atoms with van der Waals surface area (Å²) in [6.45, 7) is 6.74. The van der Waals surface area contributed by atoms with E-state index in [0.717, 1.165) is 41.8 Å². The van der Waals surface area contributed by atoms with E-state index in [4.69, 9.17) is 0 Å².